The van der Waals surface area contributed by atoms with Crippen LogP contribution in [0.4, 0.5) is 17.6 Å². The van der Waals surface area contributed by atoms with Gasteiger partial charge in [0.25, 0.3) is 0 Å². The maximum Gasteiger partial charge on any atom is 0.319 e. The lowest BCUT2D eigenvalue weighted by Gasteiger charge is -2.39. The molecule has 0 radical (unpaired) electrons. The van der Waals surface area contributed by atoms with E-state index in [4.69, 9.17) is 0 Å². The van der Waals surface area contributed by atoms with Gasteiger partial charge in [-0.25, -0.2) is 8.78 Å². The monoisotopic (exact) mass is 333 g/mol. The molecular weight excluding hydrogens is 310 g/mol. The standard InChI is InChI=1S/C13H23F4N3.ClH/c1-12(2-3-18-8-12)9-19-4-6-20(7-5-19)10-13(16,17)11(14)15;/h11,18H,2-10H2,1H3;1H. The maximum atomic E-state index is 13.0. The Labute approximate surface area is 129 Å². The largest absolute Gasteiger partial charge is 0.319 e. The van der Waals surface area contributed by atoms with Gasteiger partial charge in [-0.3, -0.25) is 4.90 Å². The van der Waals surface area contributed by atoms with E-state index in [1.54, 1.807) is 0 Å². The molecule has 0 aromatic carbocycles. The summed E-state index contributed by atoms with van der Waals surface area (Å²) in [6.07, 6.45) is -2.46. The number of piperazine rings is 1. The van der Waals surface area contributed by atoms with Gasteiger partial charge < -0.3 is 10.2 Å². The molecule has 0 aromatic heterocycles. The molecule has 0 saturated carbocycles. The summed E-state index contributed by atoms with van der Waals surface area (Å²) in [6.45, 7) is 6.57. The molecule has 0 amide bonds. The van der Waals surface area contributed by atoms with Crippen LogP contribution in [0.25, 0.3) is 0 Å². The third-order valence-electron chi connectivity index (χ3n) is 4.28. The molecule has 2 aliphatic rings. The van der Waals surface area contributed by atoms with Crippen LogP contribution in [0.2, 0.25) is 0 Å². The molecule has 2 fully saturated rings. The van der Waals surface area contributed by atoms with Crippen molar-refractivity contribution < 1.29 is 17.6 Å². The number of hydrogen-bond donors (Lipinski definition) is 1. The van der Waals surface area contributed by atoms with Crippen molar-refractivity contribution >= 4 is 12.4 Å². The van der Waals surface area contributed by atoms with Crippen molar-refractivity contribution in [1.82, 2.24) is 15.1 Å². The van der Waals surface area contributed by atoms with Gasteiger partial charge in [0, 0.05) is 39.3 Å². The summed E-state index contributed by atoms with van der Waals surface area (Å²) in [5.41, 5.74) is 0.245. The highest BCUT2D eigenvalue weighted by Crippen LogP contribution is 2.27. The van der Waals surface area contributed by atoms with Crippen molar-refractivity contribution in [3.63, 3.8) is 0 Å². The van der Waals surface area contributed by atoms with E-state index < -0.39 is 18.9 Å². The second kappa shape index (κ2) is 7.44. The number of rotatable bonds is 5. The van der Waals surface area contributed by atoms with Crippen LogP contribution in [-0.4, -0.2) is 74.5 Å². The molecule has 2 rings (SSSR count). The molecule has 0 aliphatic carbocycles. The van der Waals surface area contributed by atoms with Crippen molar-refractivity contribution in [3.8, 4) is 0 Å². The normalized spacial score (nSPS) is 28.9. The SMILES string of the molecule is CC1(CN2CCN(CC(F)(F)C(F)F)CC2)CCNC1.Cl. The fourth-order valence-corrected chi connectivity index (χ4v) is 3.02. The minimum Gasteiger partial charge on any atom is -0.316 e. The van der Waals surface area contributed by atoms with Crippen molar-refractivity contribution in [2.75, 3.05) is 52.4 Å². The molecule has 21 heavy (non-hydrogen) atoms. The minimum absolute atomic E-state index is 0. The zero-order valence-corrected chi connectivity index (χ0v) is 13.1. The average Bonchev–Trinajstić information content (AvgIpc) is 2.78. The highest BCUT2D eigenvalue weighted by Gasteiger charge is 2.42. The van der Waals surface area contributed by atoms with E-state index in [0.29, 0.717) is 26.2 Å². The van der Waals surface area contributed by atoms with Gasteiger partial charge in [0.15, 0.2) is 0 Å². The van der Waals surface area contributed by atoms with Gasteiger partial charge in [-0.05, 0) is 18.4 Å². The molecule has 0 spiro atoms. The quantitative estimate of drug-likeness (QED) is 0.776. The summed E-state index contributed by atoms with van der Waals surface area (Å²) in [5.74, 6) is -3.90. The Bertz CT molecular complexity index is 302. The molecule has 1 atom stereocenters. The Balaban J connectivity index is 0.00000220. The van der Waals surface area contributed by atoms with Crippen LogP contribution >= 0.6 is 12.4 Å². The van der Waals surface area contributed by atoms with Crippen molar-refractivity contribution in [3.05, 3.63) is 0 Å². The molecule has 2 saturated heterocycles. The zero-order valence-electron chi connectivity index (χ0n) is 12.3. The van der Waals surface area contributed by atoms with Crippen LogP contribution in [0.1, 0.15) is 13.3 Å². The zero-order chi connectivity index (χ0) is 14.8. The van der Waals surface area contributed by atoms with Gasteiger partial charge in [0.1, 0.15) is 0 Å². The van der Waals surface area contributed by atoms with E-state index in [-0.39, 0.29) is 17.8 Å². The van der Waals surface area contributed by atoms with Crippen LogP contribution in [0, 0.1) is 5.41 Å². The number of nitrogens with zero attached hydrogens (tertiary/aromatic N) is 2. The second-order valence-electron chi connectivity index (χ2n) is 6.35. The van der Waals surface area contributed by atoms with E-state index in [1.807, 2.05) is 0 Å². The molecule has 0 aromatic rings. The molecule has 1 unspecified atom stereocenters. The van der Waals surface area contributed by atoms with Crippen LogP contribution < -0.4 is 5.32 Å². The molecule has 3 nitrogen and oxygen atoms in total. The fraction of sp³-hybridized carbons (Fsp3) is 1.00. The Morgan fingerprint density at radius 2 is 1.71 bits per heavy atom. The third-order valence-corrected chi connectivity index (χ3v) is 4.28. The van der Waals surface area contributed by atoms with Gasteiger partial charge in [-0.15, -0.1) is 12.4 Å². The lowest BCUT2D eigenvalue weighted by Crippen LogP contribution is -2.53. The first-order valence-electron chi connectivity index (χ1n) is 7.12. The highest BCUT2D eigenvalue weighted by atomic mass is 35.5. The molecular formula is C13H24ClF4N3. The molecule has 8 heteroatoms. The van der Waals surface area contributed by atoms with Crippen LogP contribution in [0.3, 0.4) is 0 Å². The fourth-order valence-electron chi connectivity index (χ4n) is 3.02. The smallest absolute Gasteiger partial charge is 0.316 e. The first-order chi connectivity index (χ1) is 9.31. The molecule has 0 bridgehead atoms. The van der Waals surface area contributed by atoms with Crippen LogP contribution in [0.5, 0.6) is 0 Å². The summed E-state index contributed by atoms with van der Waals surface area (Å²) in [6, 6.07) is 0. The van der Waals surface area contributed by atoms with Crippen molar-refractivity contribution in [1.29, 1.82) is 0 Å². The number of nitrogens with one attached hydrogen (secondary N) is 1. The summed E-state index contributed by atoms with van der Waals surface area (Å²) < 4.78 is 50.3. The molecule has 126 valence electrons. The summed E-state index contributed by atoms with van der Waals surface area (Å²) in [7, 11) is 0. The predicted molar refractivity (Wildman–Crippen MR) is 76.7 cm³/mol. The van der Waals surface area contributed by atoms with Crippen LogP contribution in [-0.2, 0) is 0 Å². The number of hydrogen-bond acceptors (Lipinski definition) is 3. The maximum absolute atomic E-state index is 13.0. The summed E-state index contributed by atoms with van der Waals surface area (Å²) >= 11 is 0. The predicted octanol–water partition coefficient (Wildman–Crippen LogP) is 1.93. The summed E-state index contributed by atoms with van der Waals surface area (Å²) in [5, 5.41) is 3.34. The lowest BCUT2D eigenvalue weighted by atomic mass is 9.89. The van der Waals surface area contributed by atoms with E-state index in [2.05, 4.69) is 17.1 Å². The first-order valence-corrected chi connectivity index (χ1v) is 7.12. The average molecular weight is 334 g/mol. The Morgan fingerprint density at radius 1 is 1.14 bits per heavy atom. The third kappa shape index (κ3) is 5.23. The van der Waals surface area contributed by atoms with E-state index in [0.717, 1.165) is 26.1 Å². The Morgan fingerprint density at radius 3 is 2.19 bits per heavy atom. The van der Waals surface area contributed by atoms with E-state index in [9.17, 15) is 17.6 Å². The molecule has 2 heterocycles. The number of halogens is 5. The Kier molecular flexibility index (Phi) is 6.71. The van der Waals surface area contributed by atoms with Gasteiger partial charge in [-0.2, -0.15) is 8.78 Å². The second-order valence-corrected chi connectivity index (χ2v) is 6.35. The van der Waals surface area contributed by atoms with Crippen molar-refractivity contribution in [2.45, 2.75) is 25.7 Å². The van der Waals surface area contributed by atoms with E-state index >= 15 is 0 Å². The first kappa shape index (κ1) is 18.9. The lowest BCUT2D eigenvalue weighted by molar-refractivity contribution is -0.145. The van der Waals surface area contributed by atoms with Crippen molar-refractivity contribution in [2.24, 2.45) is 5.41 Å². The summed E-state index contributed by atoms with van der Waals surface area (Å²) in [4.78, 5) is 3.70. The van der Waals surface area contributed by atoms with Gasteiger partial charge in [-0.1, -0.05) is 6.92 Å². The molecule has 2 aliphatic heterocycles. The van der Waals surface area contributed by atoms with E-state index in [1.165, 1.54) is 4.90 Å². The topological polar surface area (TPSA) is 18.5 Å². The Hall–Kier alpha value is -0.110. The number of alkyl halides is 4. The molecule has 1 N–H and O–H groups in total. The minimum atomic E-state index is -3.90. The van der Waals surface area contributed by atoms with Gasteiger partial charge in [0.05, 0.1) is 6.54 Å². The van der Waals surface area contributed by atoms with Crippen LogP contribution in [0.15, 0.2) is 0 Å². The van der Waals surface area contributed by atoms with Gasteiger partial charge >= 0.3 is 12.3 Å². The highest BCUT2D eigenvalue weighted by molar-refractivity contribution is 5.85. The van der Waals surface area contributed by atoms with Gasteiger partial charge in [0.2, 0.25) is 0 Å².